The highest BCUT2D eigenvalue weighted by Crippen LogP contribution is 2.18. The van der Waals surface area contributed by atoms with Crippen molar-refractivity contribution in [2.45, 2.75) is 25.7 Å². The predicted molar refractivity (Wildman–Crippen MR) is 90.2 cm³/mol. The molecule has 118 valence electrons. The highest BCUT2D eigenvalue weighted by Gasteiger charge is 2.15. The standard InChI is InChI=1S/C16H27N3OS/c1-17-16(18-8-3-15-7-12-21-13-15)19(2)9-4-14-5-10-20-11-6-14/h7,12-14H,3-6,8-11H2,1-2H3,(H,17,18). The molecule has 0 spiro atoms. The molecule has 0 aromatic carbocycles. The lowest BCUT2D eigenvalue weighted by atomic mass is 9.96. The second kappa shape index (κ2) is 9.05. The van der Waals surface area contributed by atoms with Crippen molar-refractivity contribution in [1.29, 1.82) is 0 Å². The normalized spacial score (nSPS) is 17.0. The first kappa shape index (κ1) is 16.3. The van der Waals surface area contributed by atoms with Gasteiger partial charge in [-0.2, -0.15) is 11.3 Å². The molecule has 2 heterocycles. The molecule has 0 amide bonds. The molecule has 4 nitrogen and oxygen atoms in total. The zero-order chi connectivity index (χ0) is 14.9. The van der Waals surface area contributed by atoms with Crippen LogP contribution in [-0.4, -0.2) is 51.3 Å². The highest BCUT2D eigenvalue weighted by molar-refractivity contribution is 7.07. The average Bonchev–Trinajstić information content (AvgIpc) is 3.03. The monoisotopic (exact) mass is 309 g/mol. The molecule has 0 atom stereocenters. The summed E-state index contributed by atoms with van der Waals surface area (Å²) < 4.78 is 5.41. The van der Waals surface area contributed by atoms with Crippen molar-refractivity contribution in [2.24, 2.45) is 10.9 Å². The van der Waals surface area contributed by atoms with Gasteiger partial charge in [-0.15, -0.1) is 0 Å². The van der Waals surface area contributed by atoms with Gasteiger partial charge >= 0.3 is 0 Å². The first-order chi connectivity index (χ1) is 10.3. The minimum atomic E-state index is 0.810. The largest absolute Gasteiger partial charge is 0.381 e. The average molecular weight is 309 g/mol. The first-order valence-corrected chi connectivity index (χ1v) is 8.74. The van der Waals surface area contributed by atoms with E-state index in [1.54, 1.807) is 11.3 Å². The molecule has 1 fully saturated rings. The molecule has 2 rings (SSSR count). The van der Waals surface area contributed by atoms with E-state index in [2.05, 4.69) is 39.1 Å². The number of hydrogen-bond donors (Lipinski definition) is 1. The number of nitrogens with one attached hydrogen (secondary N) is 1. The van der Waals surface area contributed by atoms with Crippen molar-refractivity contribution in [3.05, 3.63) is 22.4 Å². The van der Waals surface area contributed by atoms with Gasteiger partial charge in [-0.1, -0.05) is 0 Å². The van der Waals surface area contributed by atoms with E-state index in [-0.39, 0.29) is 0 Å². The SMILES string of the molecule is CN=C(NCCc1ccsc1)N(C)CCC1CCOCC1. The van der Waals surface area contributed by atoms with E-state index in [1.165, 1.54) is 24.8 Å². The maximum absolute atomic E-state index is 5.41. The summed E-state index contributed by atoms with van der Waals surface area (Å²) in [6.45, 7) is 3.86. The van der Waals surface area contributed by atoms with Crippen LogP contribution in [0.5, 0.6) is 0 Å². The molecule has 5 heteroatoms. The summed E-state index contributed by atoms with van der Waals surface area (Å²) in [7, 11) is 3.98. The first-order valence-electron chi connectivity index (χ1n) is 7.80. The molecule has 1 N–H and O–H groups in total. The number of ether oxygens (including phenoxy) is 1. The number of hydrogen-bond acceptors (Lipinski definition) is 3. The molecular weight excluding hydrogens is 282 g/mol. The number of thiophene rings is 1. The Labute approximate surface area is 132 Å². The van der Waals surface area contributed by atoms with Crippen molar-refractivity contribution in [3.8, 4) is 0 Å². The zero-order valence-corrected chi connectivity index (χ0v) is 14.0. The van der Waals surface area contributed by atoms with Crippen LogP contribution in [0.3, 0.4) is 0 Å². The summed E-state index contributed by atoms with van der Waals surface area (Å²) >= 11 is 1.76. The third kappa shape index (κ3) is 5.67. The van der Waals surface area contributed by atoms with Crippen LogP contribution >= 0.6 is 11.3 Å². The van der Waals surface area contributed by atoms with Gasteiger partial charge in [0.15, 0.2) is 5.96 Å². The lowest BCUT2D eigenvalue weighted by Crippen LogP contribution is -2.40. The van der Waals surface area contributed by atoms with Gasteiger partial charge in [-0.05, 0) is 54.0 Å². The summed E-state index contributed by atoms with van der Waals surface area (Å²) in [6, 6.07) is 2.18. The molecule has 21 heavy (non-hydrogen) atoms. The second-order valence-corrected chi connectivity index (χ2v) is 6.40. The Kier molecular flexibility index (Phi) is 7.03. The Morgan fingerprint density at radius 1 is 1.48 bits per heavy atom. The quantitative estimate of drug-likeness (QED) is 0.648. The van der Waals surface area contributed by atoms with E-state index in [0.717, 1.165) is 44.6 Å². The number of guanidine groups is 1. The Balaban J connectivity index is 1.67. The van der Waals surface area contributed by atoms with E-state index in [0.29, 0.717) is 0 Å². The van der Waals surface area contributed by atoms with Crippen LogP contribution in [0.1, 0.15) is 24.8 Å². The van der Waals surface area contributed by atoms with Crippen LogP contribution in [-0.2, 0) is 11.2 Å². The molecular formula is C16H27N3OS. The summed E-state index contributed by atoms with van der Waals surface area (Å²) in [4.78, 5) is 6.62. The van der Waals surface area contributed by atoms with Gasteiger partial charge in [-0.3, -0.25) is 4.99 Å². The molecule has 1 aromatic rings. The Bertz CT molecular complexity index is 413. The van der Waals surface area contributed by atoms with Crippen LogP contribution < -0.4 is 5.32 Å². The van der Waals surface area contributed by atoms with Crippen LogP contribution in [0, 0.1) is 5.92 Å². The van der Waals surface area contributed by atoms with Gasteiger partial charge in [0.2, 0.25) is 0 Å². The van der Waals surface area contributed by atoms with Gasteiger partial charge in [-0.25, -0.2) is 0 Å². The Hall–Kier alpha value is -1.07. The Morgan fingerprint density at radius 3 is 2.95 bits per heavy atom. The molecule has 0 bridgehead atoms. The minimum Gasteiger partial charge on any atom is -0.381 e. The number of aliphatic imine (C=N–C) groups is 1. The number of rotatable bonds is 6. The zero-order valence-electron chi connectivity index (χ0n) is 13.2. The topological polar surface area (TPSA) is 36.9 Å². The van der Waals surface area contributed by atoms with Crippen LogP contribution in [0.4, 0.5) is 0 Å². The molecule has 0 unspecified atom stereocenters. The van der Waals surface area contributed by atoms with E-state index < -0.39 is 0 Å². The van der Waals surface area contributed by atoms with Gasteiger partial charge in [0.05, 0.1) is 0 Å². The van der Waals surface area contributed by atoms with E-state index in [9.17, 15) is 0 Å². The van der Waals surface area contributed by atoms with Crippen molar-refractivity contribution in [3.63, 3.8) is 0 Å². The fraction of sp³-hybridized carbons (Fsp3) is 0.688. The van der Waals surface area contributed by atoms with Gasteiger partial charge in [0.25, 0.3) is 0 Å². The molecule has 0 aliphatic carbocycles. The van der Waals surface area contributed by atoms with Crippen molar-refractivity contribution < 1.29 is 4.74 Å². The van der Waals surface area contributed by atoms with Crippen LogP contribution in [0.25, 0.3) is 0 Å². The molecule has 1 saturated heterocycles. The smallest absolute Gasteiger partial charge is 0.193 e. The summed E-state index contributed by atoms with van der Waals surface area (Å²) in [5.74, 6) is 1.81. The van der Waals surface area contributed by atoms with Gasteiger partial charge < -0.3 is 15.0 Å². The molecule has 0 radical (unpaired) electrons. The summed E-state index contributed by atoms with van der Waals surface area (Å²) in [5, 5.41) is 7.79. The fourth-order valence-electron chi connectivity index (χ4n) is 2.66. The highest BCUT2D eigenvalue weighted by atomic mass is 32.1. The van der Waals surface area contributed by atoms with Crippen molar-refractivity contribution in [1.82, 2.24) is 10.2 Å². The maximum atomic E-state index is 5.41. The van der Waals surface area contributed by atoms with E-state index >= 15 is 0 Å². The second-order valence-electron chi connectivity index (χ2n) is 5.62. The predicted octanol–water partition coefficient (Wildman–Crippen LogP) is 2.61. The van der Waals surface area contributed by atoms with Gasteiger partial charge in [0, 0.05) is 40.4 Å². The lowest BCUT2D eigenvalue weighted by molar-refractivity contribution is 0.0625. The van der Waals surface area contributed by atoms with Crippen LogP contribution in [0.15, 0.2) is 21.8 Å². The number of nitrogens with zero attached hydrogens (tertiary/aromatic N) is 2. The third-order valence-corrected chi connectivity index (χ3v) is 4.80. The van der Waals surface area contributed by atoms with Crippen LogP contribution in [0.2, 0.25) is 0 Å². The third-order valence-electron chi connectivity index (χ3n) is 4.06. The van der Waals surface area contributed by atoms with E-state index in [1.807, 2.05) is 7.05 Å². The Morgan fingerprint density at radius 2 is 2.29 bits per heavy atom. The maximum Gasteiger partial charge on any atom is 0.193 e. The summed E-state index contributed by atoms with van der Waals surface area (Å²) in [5.41, 5.74) is 1.40. The minimum absolute atomic E-state index is 0.810. The van der Waals surface area contributed by atoms with Crippen molar-refractivity contribution in [2.75, 3.05) is 40.4 Å². The molecule has 0 saturated carbocycles. The van der Waals surface area contributed by atoms with Crippen molar-refractivity contribution >= 4 is 17.3 Å². The molecule has 1 aliphatic heterocycles. The summed E-state index contributed by atoms with van der Waals surface area (Å²) in [6.07, 6.45) is 4.69. The fourth-order valence-corrected chi connectivity index (χ4v) is 3.36. The lowest BCUT2D eigenvalue weighted by Gasteiger charge is -2.26. The van der Waals surface area contributed by atoms with Gasteiger partial charge in [0.1, 0.15) is 0 Å². The van der Waals surface area contributed by atoms with E-state index in [4.69, 9.17) is 4.74 Å². The molecule has 1 aliphatic rings. The molecule has 1 aromatic heterocycles.